The molecule has 0 aliphatic carbocycles. The third kappa shape index (κ3) is 4.42. The summed E-state index contributed by atoms with van der Waals surface area (Å²) in [4.78, 5) is 26.6. The SMILES string of the molecule is C[C@@H](Nc1cc(F)cc(Cl)c1)C(=O)N[C@@H]1CCCN(c2ncnc3[nH]ccc23)C1. The average Bonchev–Trinajstić information content (AvgIpc) is 3.16. The van der Waals surface area contributed by atoms with Crippen molar-refractivity contribution in [3.63, 3.8) is 0 Å². The summed E-state index contributed by atoms with van der Waals surface area (Å²) in [5.74, 6) is 0.277. The van der Waals surface area contributed by atoms with Gasteiger partial charge in [0, 0.05) is 36.0 Å². The van der Waals surface area contributed by atoms with Crippen molar-refractivity contribution in [1.82, 2.24) is 20.3 Å². The van der Waals surface area contributed by atoms with Crippen LogP contribution in [0.3, 0.4) is 0 Å². The molecular formula is C20H22ClFN6O. The summed E-state index contributed by atoms with van der Waals surface area (Å²) >= 11 is 5.88. The van der Waals surface area contributed by atoms with Gasteiger partial charge in [0.2, 0.25) is 5.91 Å². The predicted molar refractivity (Wildman–Crippen MR) is 112 cm³/mol. The summed E-state index contributed by atoms with van der Waals surface area (Å²) in [6.45, 7) is 3.28. The summed E-state index contributed by atoms with van der Waals surface area (Å²) in [7, 11) is 0. The molecule has 0 bridgehead atoms. The monoisotopic (exact) mass is 416 g/mol. The number of rotatable bonds is 5. The van der Waals surface area contributed by atoms with Crippen LogP contribution in [0.25, 0.3) is 11.0 Å². The highest BCUT2D eigenvalue weighted by atomic mass is 35.5. The van der Waals surface area contributed by atoms with E-state index in [1.54, 1.807) is 19.3 Å². The molecule has 2 aromatic heterocycles. The molecular weight excluding hydrogens is 395 g/mol. The maximum Gasteiger partial charge on any atom is 0.242 e. The number of piperidine rings is 1. The molecule has 29 heavy (non-hydrogen) atoms. The van der Waals surface area contributed by atoms with Crippen molar-refractivity contribution < 1.29 is 9.18 Å². The Bertz CT molecular complexity index is 1000. The van der Waals surface area contributed by atoms with Gasteiger partial charge in [-0.25, -0.2) is 14.4 Å². The Hall–Kier alpha value is -2.87. The zero-order chi connectivity index (χ0) is 20.4. The van der Waals surface area contributed by atoms with E-state index in [0.717, 1.165) is 36.2 Å². The molecule has 3 aromatic rings. The quantitative estimate of drug-likeness (QED) is 0.594. The van der Waals surface area contributed by atoms with Gasteiger partial charge < -0.3 is 20.5 Å². The van der Waals surface area contributed by atoms with Crippen LogP contribution >= 0.6 is 11.6 Å². The van der Waals surface area contributed by atoms with Crippen LogP contribution in [-0.2, 0) is 4.79 Å². The van der Waals surface area contributed by atoms with E-state index < -0.39 is 11.9 Å². The smallest absolute Gasteiger partial charge is 0.242 e. The van der Waals surface area contributed by atoms with Gasteiger partial charge in [-0.3, -0.25) is 4.79 Å². The highest BCUT2D eigenvalue weighted by Crippen LogP contribution is 2.25. The lowest BCUT2D eigenvalue weighted by molar-refractivity contribution is -0.122. The number of nitrogens with one attached hydrogen (secondary N) is 3. The van der Waals surface area contributed by atoms with Crippen molar-refractivity contribution >= 4 is 40.0 Å². The summed E-state index contributed by atoms with van der Waals surface area (Å²) in [6, 6.07) is 5.56. The van der Waals surface area contributed by atoms with Gasteiger partial charge in [-0.1, -0.05) is 11.6 Å². The molecule has 1 aromatic carbocycles. The number of aromatic amines is 1. The Balaban J connectivity index is 1.40. The lowest BCUT2D eigenvalue weighted by atomic mass is 10.0. The number of aromatic nitrogens is 3. The first-order valence-corrected chi connectivity index (χ1v) is 9.93. The number of hydrogen-bond donors (Lipinski definition) is 3. The van der Waals surface area contributed by atoms with Gasteiger partial charge in [-0.15, -0.1) is 0 Å². The minimum atomic E-state index is -0.529. The Kier molecular flexibility index (Phi) is 5.53. The molecule has 0 saturated carbocycles. The summed E-state index contributed by atoms with van der Waals surface area (Å²) in [5.41, 5.74) is 1.27. The molecule has 1 saturated heterocycles. The van der Waals surface area contributed by atoms with Crippen LogP contribution in [0.4, 0.5) is 15.9 Å². The minimum absolute atomic E-state index is 0.000513. The van der Waals surface area contributed by atoms with Crippen molar-refractivity contribution in [1.29, 1.82) is 0 Å². The number of amides is 1. The number of halogens is 2. The van der Waals surface area contributed by atoms with Crippen LogP contribution in [0.5, 0.6) is 0 Å². The highest BCUT2D eigenvalue weighted by Gasteiger charge is 2.25. The van der Waals surface area contributed by atoms with Crippen molar-refractivity contribution in [2.45, 2.75) is 31.8 Å². The zero-order valence-corrected chi connectivity index (χ0v) is 16.7. The molecule has 1 amide bonds. The van der Waals surface area contributed by atoms with Crippen molar-refractivity contribution in [3.8, 4) is 0 Å². The van der Waals surface area contributed by atoms with Gasteiger partial charge in [0.15, 0.2) is 0 Å². The number of fused-ring (bicyclic) bond motifs is 1. The van der Waals surface area contributed by atoms with Crippen LogP contribution < -0.4 is 15.5 Å². The average molecular weight is 417 g/mol. The molecule has 1 aliphatic rings. The molecule has 9 heteroatoms. The number of carbonyl (C=O) groups excluding carboxylic acids is 1. The predicted octanol–water partition coefficient (Wildman–Crippen LogP) is 3.34. The molecule has 4 rings (SSSR count). The Morgan fingerprint density at radius 1 is 1.38 bits per heavy atom. The molecule has 2 atom stereocenters. The molecule has 0 unspecified atom stereocenters. The first-order chi connectivity index (χ1) is 14.0. The topological polar surface area (TPSA) is 85.9 Å². The third-order valence-electron chi connectivity index (χ3n) is 5.04. The number of benzene rings is 1. The maximum atomic E-state index is 13.5. The van der Waals surface area contributed by atoms with Gasteiger partial charge >= 0.3 is 0 Å². The van der Waals surface area contributed by atoms with Crippen molar-refractivity contribution in [3.05, 3.63) is 47.6 Å². The first kappa shape index (κ1) is 19.4. The van der Waals surface area contributed by atoms with E-state index >= 15 is 0 Å². The Morgan fingerprint density at radius 3 is 3.07 bits per heavy atom. The van der Waals surface area contributed by atoms with Gasteiger partial charge in [0.25, 0.3) is 0 Å². The summed E-state index contributed by atoms with van der Waals surface area (Å²) in [6.07, 6.45) is 5.23. The number of anilines is 2. The van der Waals surface area contributed by atoms with E-state index in [1.165, 1.54) is 12.1 Å². The lowest BCUT2D eigenvalue weighted by Gasteiger charge is -2.34. The van der Waals surface area contributed by atoms with Crippen molar-refractivity contribution in [2.24, 2.45) is 0 Å². The fraction of sp³-hybridized carbons (Fsp3) is 0.350. The van der Waals surface area contributed by atoms with Crippen LogP contribution in [0.2, 0.25) is 5.02 Å². The second-order valence-corrected chi connectivity index (χ2v) is 7.69. The standard InChI is InChI=1S/C20H22ClFN6O/c1-12(26-16-8-13(21)7-14(22)9-16)20(29)27-15-3-2-6-28(10-15)19-17-4-5-23-18(17)24-11-25-19/h4-5,7-9,11-12,15,26H,2-3,6,10H2,1H3,(H,27,29)(H,23,24,25)/t12-,15-/m1/s1. The normalized spacial score (nSPS) is 17.9. The van der Waals surface area contributed by atoms with E-state index in [4.69, 9.17) is 11.6 Å². The molecule has 0 radical (unpaired) electrons. The Labute approximate surface area is 172 Å². The molecule has 152 valence electrons. The van der Waals surface area contributed by atoms with E-state index in [2.05, 4.69) is 30.5 Å². The molecule has 3 N–H and O–H groups in total. The van der Waals surface area contributed by atoms with Gasteiger partial charge in [-0.2, -0.15) is 0 Å². The van der Waals surface area contributed by atoms with E-state index in [1.807, 2.05) is 12.3 Å². The summed E-state index contributed by atoms with van der Waals surface area (Å²) in [5, 5.41) is 7.34. The van der Waals surface area contributed by atoms with Crippen LogP contribution in [0, 0.1) is 5.82 Å². The van der Waals surface area contributed by atoms with Crippen LogP contribution in [0.1, 0.15) is 19.8 Å². The highest BCUT2D eigenvalue weighted by molar-refractivity contribution is 6.30. The number of hydrogen-bond acceptors (Lipinski definition) is 5. The van der Waals surface area contributed by atoms with Crippen LogP contribution in [0.15, 0.2) is 36.8 Å². The second-order valence-electron chi connectivity index (χ2n) is 7.26. The molecule has 1 aliphatic heterocycles. The molecule has 3 heterocycles. The zero-order valence-electron chi connectivity index (χ0n) is 16.0. The third-order valence-corrected chi connectivity index (χ3v) is 5.26. The first-order valence-electron chi connectivity index (χ1n) is 9.55. The maximum absolute atomic E-state index is 13.5. The number of carbonyl (C=O) groups is 1. The second kappa shape index (κ2) is 8.24. The van der Waals surface area contributed by atoms with Gasteiger partial charge in [0.1, 0.15) is 29.7 Å². The molecule has 1 fully saturated rings. The fourth-order valence-electron chi connectivity index (χ4n) is 3.68. The fourth-order valence-corrected chi connectivity index (χ4v) is 3.90. The number of nitrogens with zero attached hydrogens (tertiary/aromatic N) is 3. The minimum Gasteiger partial charge on any atom is -0.374 e. The van der Waals surface area contributed by atoms with Crippen molar-refractivity contribution in [2.75, 3.05) is 23.3 Å². The van der Waals surface area contributed by atoms with E-state index in [9.17, 15) is 9.18 Å². The van der Waals surface area contributed by atoms with Gasteiger partial charge in [0.05, 0.1) is 5.39 Å². The van der Waals surface area contributed by atoms with Gasteiger partial charge in [-0.05, 0) is 44.0 Å². The summed E-state index contributed by atoms with van der Waals surface area (Å²) < 4.78 is 13.5. The molecule has 0 spiro atoms. The van der Waals surface area contributed by atoms with Crippen LogP contribution in [-0.4, -0.2) is 46.0 Å². The van der Waals surface area contributed by atoms with E-state index in [-0.39, 0.29) is 17.0 Å². The Morgan fingerprint density at radius 2 is 2.24 bits per heavy atom. The largest absolute Gasteiger partial charge is 0.374 e. The number of H-pyrrole nitrogens is 1. The van der Waals surface area contributed by atoms with E-state index in [0.29, 0.717) is 12.2 Å². The molecule has 7 nitrogen and oxygen atoms in total. The lowest BCUT2D eigenvalue weighted by Crippen LogP contribution is -2.51.